The van der Waals surface area contributed by atoms with Crippen LogP contribution >= 0.6 is 11.6 Å². The van der Waals surface area contributed by atoms with Crippen LogP contribution in [0.2, 0.25) is 5.02 Å². The van der Waals surface area contributed by atoms with Crippen LogP contribution in [0, 0.1) is 0 Å². The Morgan fingerprint density at radius 1 is 0.912 bits per heavy atom. The van der Waals surface area contributed by atoms with Crippen molar-refractivity contribution < 1.29 is 19.8 Å². The molecule has 0 spiro atoms. The molecule has 4 N–H and O–H groups in total. The molecule has 7 heteroatoms. The highest BCUT2D eigenvalue weighted by Crippen LogP contribution is 2.40. The number of carbonyl (C=O) groups excluding carboxylic acids is 1. The van der Waals surface area contributed by atoms with Crippen LogP contribution in [-0.2, 0) is 11.2 Å². The van der Waals surface area contributed by atoms with Crippen LogP contribution in [0.4, 0.5) is 5.69 Å². The summed E-state index contributed by atoms with van der Waals surface area (Å²) in [7, 11) is 0. The van der Waals surface area contributed by atoms with Crippen molar-refractivity contribution in [3.8, 4) is 28.0 Å². The van der Waals surface area contributed by atoms with Gasteiger partial charge in [-0.2, -0.15) is 0 Å². The van der Waals surface area contributed by atoms with E-state index in [0.29, 0.717) is 28.4 Å². The summed E-state index contributed by atoms with van der Waals surface area (Å²) in [4.78, 5) is 26.5. The standard InChI is InChI=1S/C27H19ClN2O4/c28-22-14-24-21(19(26(32)30-24)11-9-17-10-12-23(29-17)27(33)34)13-20(22)16-7-5-15(6-8-16)18-3-1-2-4-25(18)31/h1-8,10-14,29,31H,9H2,(H,30,32)(H,33,34)/b19-11-. The first-order valence-corrected chi connectivity index (χ1v) is 10.9. The molecule has 1 amide bonds. The number of fused-ring (bicyclic) bond motifs is 1. The summed E-state index contributed by atoms with van der Waals surface area (Å²) in [5.41, 5.74) is 5.94. The lowest BCUT2D eigenvalue weighted by atomic mass is 9.96. The number of rotatable bonds is 5. The van der Waals surface area contributed by atoms with Gasteiger partial charge in [-0.15, -0.1) is 0 Å². The Bertz CT molecular complexity index is 1470. The van der Waals surface area contributed by atoms with Gasteiger partial charge in [-0.25, -0.2) is 4.79 Å². The number of carboxylic acid groups (broad SMARTS) is 1. The SMILES string of the molecule is O=C1Nc2cc(Cl)c(-c3ccc(-c4ccccc4O)cc3)cc2/C1=C/Cc1ccc(C(=O)O)[nH]1. The molecule has 0 saturated heterocycles. The van der Waals surface area contributed by atoms with E-state index in [4.69, 9.17) is 16.7 Å². The number of H-pyrrole nitrogens is 1. The fourth-order valence-corrected chi connectivity index (χ4v) is 4.35. The van der Waals surface area contributed by atoms with E-state index in [1.165, 1.54) is 6.07 Å². The predicted molar refractivity (Wildman–Crippen MR) is 132 cm³/mol. The molecule has 34 heavy (non-hydrogen) atoms. The number of amides is 1. The number of carboxylic acids is 1. The van der Waals surface area contributed by atoms with Gasteiger partial charge in [0.05, 0.1) is 10.7 Å². The molecule has 0 saturated carbocycles. The van der Waals surface area contributed by atoms with Gasteiger partial charge >= 0.3 is 5.97 Å². The number of aromatic hydroxyl groups is 1. The maximum atomic E-state index is 12.6. The van der Waals surface area contributed by atoms with Crippen LogP contribution in [0.3, 0.4) is 0 Å². The van der Waals surface area contributed by atoms with Gasteiger partial charge in [-0.1, -0.05) is 60.1 Å². The quantitative estimate of drug-likeness (QED) is 0.269. The number of allylic oxidation sites excluding steroid dienone is 1. The normalized spacial score (nSPS) is 13.7. The van der Waals surface area contributed by atoms with Gasteiger partial charge in [0.15, 0.2) is 0 Å². The predicted octanol–water partition coefficient (Wildman–Crippen LogP) is 5.98. The minimum Gasteiger partial charge on any atom is -0.507 e. The van der Waals surface area contributed by atoms with Gasteiger partial charge in [-0.3, -0.25) is 4.79 Å². The Hall–Kier alpha value is -4.29. The molecule has 4 aromatic rings. The monoisotopic (exact) mass is 470 g/mol. The molecule has 1 aliphatic heterocycles. The first kappa shape index (κ1) is 21.6. The largest absolute Gasteiger partial charge is 0.507 e. The Morgan fingerprint density at radius 2 is 1.62 bits per heavy atom. The molecule has 6 nitrogen and oxygen atoms in total. The van der Waals surface area contributed by atoms with E-state index in [-0.39, 0.29) is 17.4 Å². The van der Waals surface area contributed by atoms with Crippen molar-refractivity contribution in [3.05, 3.63) is 101 Å². The second-order valence-corrected chi connectivity index (χ2v) is 8.36. The fourth-order valence-electron chi connectivity index (χ4n) is 4.08. The number of phenols is 1. The van der Waals surface area contributed by atoms with Crippen LogP contribution < -0.4 is 5.32 Å². The average molecular weight is 471 g/mol. The lowest BCUT2D eigenvalue weighted by Gasteiger charge is -2.10. The molecule has 2 heterocycles. The number of hydrogen-bond donors (Lipinski definition) is 4. The van der Waals surface area contributed by atoms with Gasteiger partial charge in [0.1, 0.15) is 11.4 Å². The number of anilines is 1. The number of aromatic nitrogens is 1. The van der Waals surface area contributed by atoms with Crippen LogP contribution in [0.15, 0.2) is 78.9 Å². The van der Waals surface area contributed by atoms with Crippen LogP contribution in [0.5, 0.6) is 5.75 Å². The molecule has 5 rings (SSSR count). The first-order valence-electron chi connectivity index (χ1n) is 10.6. The zero-order chi connectivity index (χ0) is 23.8. The number of aromatic carboxylic acids is 1. The highest BCUT2D eigenvalue weighted by Gasteiger charge is 2.26. The van der Waals surface area contributed by atoms with E-state index < -0.39 is 5.97 Å². The molecule has 1 aromatic heterocycles. The third-order valence-corrected chi connectivity index (χ3v) is 6.12. The van der Waals surface area contributed by atoms with Crippen molar-refractivity contribution >= 4 is 34.7 Å². The van der Waals surface area contributed by atoms with Crippen molar-refractivity contribution in [1.29, 1.82) is 0 Å². The summed E-state index contributed by atoms with van der Waals surface area (Å²) < 4.78 is 0. The molecule has 0 unspecified atom stereocenters. The minimum absolute atomic E-state index is 0.103. The summed E-state index contributed by atoms with van der Waals surface area (Å²) in [5, 5.41) is 22.5. The maximum absolute atomic E-state index is 12.6. The average Bonchev–Trinajstić information content (AvgIpc) is 3.41. The minimum atomic E-state index is -1.03. The highest BCUT2D eigenvalue weighted by atomic mass is 35.5. The van der Waals surface area contributed by atoms with Crippen molar-refractivity contribution in [2.75, 3.05) is 5.32 Å². The first-order chi connectivity index (χ1) is 16.4. The number of phenolic OH excluding ortho intramolecular Hbond substituents is 1. The maximum Gasteiger partial charge on any atom is 0.352 e. The second kappa shape index (κ2) is 8.57. The molecule has 168 valence electrons. The number of carbonyl (C=O) groups is 2. The molecule has 0 fully saturated rings. The van der Waals surface area contributed by atoms with Crippen LogP contribution in [0.1, 0.15) is 21.7 Å². The van der Waals surface area contributed by atoms with Crippen molar-refractivity contribution in [1.82, 2.24) is 4.98 Å². The molecule has 1 aliphatic rings. The number of para-hydroxylation sites is 1. The van der Waals surface area contributed by atoms with Gasteiger partial charge < -0.3 is 20.5 Å². The third-order valence-electron chi connectivity index (χ3n) is 5.80. The van der Waals surface area contributed by atoms with E-state index in [0.717, 1.165) is 27.8 Å². The summed E-state index contributed by atoms with van der Waals surface area (Å²) in [6.45, 7) is 0. The molecule has 0 radical (unpaired) electrons. The van der Waals surface area contributed by atoms with Gasteiger partial charge in [0, 0.05) is 34.4 Å². The summed E-state index contributed by atoms with van der Waals surface area (Å²) >= 11 is 6.55. The lowest BCUT2D eigenvalue weighted by molar-refractivity contribution is -0.110. The van der Waals surface area contributed by atoms with E-state index in [1.807, 2.05) is 42.5 Å². The lowest BCUT2D eigenvalue weighted by Crippen LogP contribution is -2.04. The molecular formula is C27H19ClN2O4. The summed E-state index contributed by atoms with van der Waals surface area (Å²) in [5.74, 6) is -1.05. The third kappa shape index (κ3) is 3.95. The van der Waals surface area contributed by atoms with Gasteiger partial charge in [0.25, 0.3) is 5.91 Å². The van der Waals surface area contributed by atoms with Gasteiger partial charge in [0.2, 0.25) is 0 Å². The molecule has 0 aliphatic carbocycles. The Kier molecular flexibility index (Phi) is 5.43. The van der Waals surface area contributed by atoms with Crippen molar-refractivity contribution in [2.24, 2.45) is 0 Å². The van der Waals surface area contributed by atoms with E-state index in [2.05, 4.69) is 10.3 Å². The zero-order valence-electron chi connectivity index (χ0n) is 17.8. The zero-order valence-corrected chi connectivity index (χ0v) is 18.6. The van der Waals surface area contributed by atoms with E-state index in [9.17, 15) is 14.7 Å². The highest BCUT2D eigenvalue weighted by molar-refractivity contribution is 6.36. The van der Waals surface area contributed by atoms with Crippen molar-refractivity contribution in [3.63, 3.8) is 0 Å². The molecule has 0 atom stereocenters. The number of nitrogens with one attached hydrogen (secondary N) is 2. The van der Waals surface area contributed by atoms with E-state index >= 15 is 0 Å². The Balaban J connectivity index is 1.47. The smallest absolute Gasteiger partial charge is 0.352 e. The van der Waals surface area contributed by atoms with Crippen LogP contribution in [0.25, 0.3) is 27.8 Å². The molecular weight excluding hydrogens is 452 g/mol. The number of aromatic amines is 1. The van der Waals surface area contributed by atoms with Crippen LogP contribution in [-0.4, -0.2) is 27.1 Å². The topological polar surface area (TPSA) is 102 Å². The number of benzene rings is 3. The number of halogens is 1. The number of hydrogen-bond acceptors (Lipinski definition) is 3. The molecule has 0 bridgehead atoms. The fraction of sp³-hybridized carbons (Fsp3) is 0.0370. The second-order valence-electron chi connectivity index (χ2n) is 7.95. The summed E-state index contributed by atoms with van der Waals surface area (Å²) in [6, 6.07) is 21.6. The Labute approximate surface area is 200 Å². The summed E-state index contributed by atoms with van der Waals surface area (Å²) in [6.07, 6.45) is 2.15. The Morgan fingerprint density at radius 3 is 2.29 bits per heavy atom. The van der Waals surface area contributed by atoms with Crippen molar-refractivity contribution in [2.45, 2.75) is 6.42 Å². The molecule has 3 aromatic carbocycles. The van der Waals surface area contributed by atoms with E-state index in [1.54, 1.807) is 30.3 Å². The van der Waals surface area contributed by atoms with Gasteiger partial charge in [-0.05, 0) is 41.5 Å².